The van der Waals surface area contributed by atoms with Crippen LogP contribution in [0.4, 0.5) is 10.8 Å². The van der Waals surface area contributed by atoms with Crippen LogP contribution >= 0.6 is 11.3 Å². The SMILES string of the molecule is CC(=O)Nc1ccc2nc(NC(=O)CN3C[C@@H](O)[C@H](Oc4ccc(CC(=O)O)cc4)C3)sc2c1. The first-order valence-electron chi connectivity index (χ1n) is 10.6. The summed E-state index contributed by atoms with van der Waals surface area (Å²) in [6.07, 6.45) is -1.34. The summed E-state index contributed by atoms with van der Waals surface area (Å²) in [5.74, 6) is -0.804. The predicted molar refractivity (Wildman–Crippen MR) is 127 cm³/mol. The molecule has 1 aromatic heterocycles. The molecule has 1 fully saturated rings. The number of likely N-dealkylation sites (tertiary alicyclic amines) is 1. The van der Waals surface area contributed by atoms with Gasteiger partial charge in [-0.1, -0.05) is 23.5 Å². The molecule has 2 aromatic carbocycles. The fraction of sp³-hybridized carbons (Fsp3) is 0.304. The Morgan fingerprint density at radius 1 is 1.15 bits per heavy atom. The van der Waals surface area contributed by atoms with Crippen LogP contribution in [0, 0.1) is 0 Å². The van der Waals surface area contributed by atoms with Gasteiger partial charge in [-0.2, -0.15) is 0 Å². The second kappa shape index (κ2) is 10.2. The molecule has 34 heavy (non-hydrogen) atoms. The Labute approximate surface area is 199 Å². The number of nitrogens with zero attached hydrogens (tertiary/aromatic N) is 2. The van der Waals surface area contributed by atoms with Gasteiger partial charge in [0, 0.05) is 25.7 Å². The summed E-state index contributed by atoms with van der Waals surface area (Å²) in [5.41, 5.74) is 2.04. The number of β-amino-alcohol motifs (C(OH)–C–C–N with tert-alkyl or cyclic N) is 1. The van der Waals surface area contributed by atoms with Gasteiger partial charge in [-0.05, 0) is 35.9 Å². The van der Waals surface area contributed by atoms with E-state index in [1.54, 1.807) is 47.4 Å². The highest BCUT2D eigenvalue weighted by molar-refractivity contribution is 7.22. The van der Waals surface area contributed by atoms with Crippen LogP contribution in [0.25, 0.3) is 10.2 Å². The molecule has 0 saturated carbocycles. The van der Waals surface area contributed by atoms with Crippen LogP contribution in [0.3, 0.4) is 0 Å². The van der Waals surface area contributed by atoms with Gasteiger partial charge in [-0.15, -0.1) is 0 Å². The number of hydrogen-bond acceptors (Lipinski definition) is 8. The van der Waals surface area contributed by atoms with E-state index < -0.39 is 18.2 Å². The number of aliphatic carboxylic acids is 1. The predicted octanol–water partition coefficient (Wildman–Crippen LogP) is 1.94. The Bertz CT molecular complexity index is 1210. The molecule has 2 atom stereocenters. The molecule has 0 radical (unpaired) electrons. The lowest BCUT2D eigenvalue weighted by Gasteiger charge is -2.17. The van der Waals surface area contributed by atoms with E-state index >= 15 is 0 Å². The normalized spacial score (nSPS) is 18.1. The largest absolute Gasteiger partial charge is 0.486 e. The van der Waals surface area contributed by atoms with Crippen LogP contribution in [0.2, 0.25) is 0 Å². The molecule has 4 N–H and O–H groups in total. The molecule has 10 nitrogen and oxygen atoms in total. The molecule has 4 rings (SSSR count). The number of hydrogen-bond donors (Lipinski definition) is 4. The molecule has 1 saturated heterocycles. The number of carboxylic acid groups (broad SMARTS) is 1. The second-order valence-corrected chi connectivity index (χ2v) is 9.09. The maximum Gasteiger partial charge on any atom is 0.307 e. The van der Waals surface area contributed by atoms with Crippen LogP contribution in [0.1, 0.15) is 12.5 Å². The highest BCUT2D eigenvalue weighted by Gasteiger charge is 2.34. The lowest BCUT2D eigenvalue weighted by molar-refractivity contribution is -0.136. The Kier molecular flexibility index (Phi) is 7.06. The number of ether oxygens (including phenoxy) is 1. The molecular formula is C23H24N4O6S. The van der Waals surface area contributed by atoms with Gasteiger partial charge in [0.1, 0.15) is 18.0 Å². The number of carbonyl (C=O) groups excluding carboxylic acids is 2. The zero-order valence-corrected chi connectivity index (χ0v) is 19.2. The number of benzene rings is 2. The van der Waals surface area contributed by atoms with E-state index in [1.807, 2.05) is 0 Å². The van der Waals surface area contributed by atoms with E-state index in [-0.39, 0.29) is 31.3 Å². The molecule has 0 spiro atoms. The minimum absolute atomic E-state index is 0.0691. The Balaban J connectivity index is 1.30. The van der Waals surface area contributed by atoms with E-state index in [0.29, 0.717) is 34.2 Å². The van der Waals surface area contributed by atoms with Crippen LogP contribution in [-0.2, 0) is 20.8 Å². The maximum atomic E-state index is 12.5. The number of amides is 2. The third-order valence-corrected chi connectivity index (χ3v) is 6.13. The first kappa shape index (κ1) is 23.6. The van der Waals surface area contributed by atoms with E-state index in [9.17, 15) is 19.5 Å². The number of thiazole rings is 1. The summed E-state index contributed by atoms with van der Waals surface area (Å²) in [6, 6.07) is 12.0. The third kappa shape index (κ3) is 6.07. The lowest BCUT2D eigenvalue weighted by Crippen LogP contribution is -2.33. The number of aromatic nitrogens is 1. The maximum absolute atomic E-state index is 12.5. The average molecular weight is 485 g/mol. The first-order valence-corrected chi connectivity index (χ1v) is 11.4. The number of carboxylic acids is 1. The average Bonchev–Trinajstić information content (AvgIpc) is 3.30. The number of aliphatic hydroxyl groups is 1. The fourth-order valence-corrected chi connectivity index (χ4v) is 4.66. The molecule has 1 aliphatic rings. The number of aliphatic hydroxyl groups excluding tert-OH is 1. The molecule has 1 aliphatic heterocycles. The van der Waals surface area contributed by atoms with Crippen molar-refractivity contribution in [2.75, 3.05) is 30.3 Å². The zero-order valence-electron chi connectivity index (χ0n) is 18.4. The van der Waals surface area contributed by atoms with Crippen molar-refractivity contribution in [3.63, 3.8) is 0 Å². The number of rotatable bonds is 8. The standard InChI is InChI=1S/C23H24N4O6S/c1-13(28)24-15-4-7-17-20(9-15)34-23(25-17)26-21(30)12-27-10-18(29)19(11-27)33-16-5-2-14(3-6-16)8-22(31)32/h2-7,9,18-19,29H,8,10-12H2,1H3,(H,24,28)(H,31,32)(H,25,26,30)/t18-,19-/m1/s1. The molecule has 2 heterocycles. The van der Waals surface area contributed by atoms with Gasteiger partial charge in [0.15, 0.2) is 5.13 Å². The Morgan fingerprint density at radius 3 is 2.62 bits per heavy atom. The van der Waals surface area contributed by atoms with Crippen LogP contribution < -0.4 is 15.4 Å². The second-order valence-electron chi connectivity index (χ2n) is 8.06. The summed E-state index contributed by atoms with van der Waals surface area (Å²) in [5, 5.41) is 25.2. The fourth-order valence-electron chi connectivity index (χ4n) is 3.73. The summed E-state index contributed by atoms with van der Waals surface area (Å²) in [4.78, 5) is 40.8. The van der Waals surface area contributed by atoms with Crippen molar-refractivity contribution in [1.82, 2.24) is 9.88 Å². The topological polar surface area (TPSA) is 141 Å². The van der Waals surface area contributed by atoms with Crippen molar-refractivity contribution < 1.29 is 29.3 Å². The van der Waals surface area contributed by atoms with E-state index in [4.69, 9.17) is 9.84 Å². The summed E-state index contributed by atoms with van der Waals surface area (Å²) in [6.45, 7) is 2.16. The highest BCUT2D eigenvalue weighted by atomic mass is 32.1. The minimum atomic E-state index is -0.908. The van der Waals surface area contributed by atoms with Crippen molar-refractivity contribution in [1.29, 1.82) is 0 Å². The monoisotopic (exact) mass is 484 g/mol. The summed E-state index contributed by atoms with van der Waals surface area (Å²) < 4.78 is 6.68. The molecule has 0 aliphatic carbocycles. The molecule has 3 aromatic rings. The van der Waals surface area contributed by atoms with Crippen LogP contribution in [-0.4, -0.2) is 69.7 Å². The molecule has 2 amide bonds. The minimum Gasteiger partial charge on any atom is -0.486 e. The molecule has 11 heteroatoms. The van der Waals surface area contributed by atoms with Crippen molar-refractivity contribution in [3.8, 4) is 5.75 Å². The van der Waals surface area contributed by atoms with Crippen molar-refractivity contribution in [2.45, 2.75) is 25.6 Å². The van der Waals surface area contributed by atoms with Crippen molar-refractivity contribution >= 4 is 50.2 Å². The number of carbonyl (C=O) groups is 3. The van der Waals surface area contributed by atoms with Gasteiger partial charge in [0.05, 0.1) is 23.2 Å². The van der Waals surface area contributed by atoms with E-state index in [2.05, 4.69) is 15.6 Å². The molecule has 0 unspecified atom stereocenters. The molecule has 178 valence electrons. The van der Waals surface area contributed by atoms with Crippen molar-refractivity contribution in [2.24, 2.45) is 0 Å². The number of nitrogens with one attached hydrogen (secondary N) is 2. The third-order valence-electron chi connectivity index (χ3n) is 5.20. The summed E-state index contributed by atoms with van der Waals surface area (Å²) in [7, 11) is 0. The number of fused-ring (bicyclic) bond motifs is 1. The quantitative estimate of drug-likeness (QED) is 0.380. The molecular weight excluding hydrogens is 460 g/mol. The van der Waals surface area contributed by atoms with E-state index in [0.717, 1.165) is 4.70 Å². The van der Waals surface area contributed by atoms with Gasteiger partial charge in [0.2, 0.25) is 11.8 Å². The number of anilines is 2. The highest BCUT2D eigenvalue weighted by Crippen LogP contribution is 2.28. The first-order chi connectivity index (χ1) is 16.2. The van der Waals surface area contributed by atoms with Gasteiger partial charge >= 0.3 is 5.97 Å². The smallest absolute Gasteiger partial charge is 0.307 e. The summed E-state index contributed by atoms with van der Waals surface area (Å²) >= 11 is 1.31. The van der Waals surface area contributed by atoms with Gasteiger partial charge in [-0.3, -0.25) is 19.3 Å². The van der Waals surface area contributed by atoms with Gasteiger partial charge in [0.25, 0.3) is 0 Å². The van der Waals surface area contributed by atoms with Gasteiger partial charge in [-0.25, -0.2) is 4.98 Å². The lowest BCUT2D eigenvalue weighted by atomic mass is 10.1. The van der Waals surface area contributed by atoms with Crippen LogP contribution in [0.5, 0.6) is 5.75 Å². The van der Waals surface area contributed by atoms with Gasteiger partial charge < -0.3 is 25.6 Å². The Hall–Kier alpha value is -3.54. The molecule has 0 bridgehead atoms. The Morgan fingerprint density at radius 2 is 1.91 bits per heavy atom. The van der Waals surface area contributed by atoms with Crippen LogP contribution in [0.15, 0.2) is 42.5 Å². The zero-order chi connectivity index (χ0) is 24.2. The van der Waals surface area contributed by atoms with Crippen molar-refractivity contribution in [3.05, 3.63) is 48.0 Å². The van der Waals surface area contributed by atoms with E-state index in [1.165, 1.54) is 18.3 Å².